The molecule has 0 spiro atoms. The molecule has 1 aliphatic carbocycles. The van der Waals surface area contributed by atoms with Crippen LogP contribution in [0, 0.1) is 0 Å². The van der Waals surface area contributed by atoms with E-state index in [1.54, 1.807) is 0 Å². The van der Waals surface area contributed by atoms with E-state index in [2.05, 4.69) is 0 Å². The lowest BCUT2D eigenvalue weighted by Gasteiger charge is -2.28. The molecule has 1 aliphatic heterocycles. The molecule has 0 aromatic rings. The maximum absolute atomic E-state index is 13.1. The first-order valence-electron chi connectivity index (χ1n) is 5.98. The first-order valence-corrected chi connectivity index (χ1v) is 7.53. The zero-order chi connectivity index (χ0) is 13.8. The van der Waals surface area contributed by atoms with Crippen molar-refractivity contribution in [2.75, 3.05) is 13.1 Å². The van der Waals surface area contributed by atoms with Crippen LogP contribution in [0.4, 0.5) is 8.78 Å². The van der Waals surface area contributed by atoms with E-state index in [-0.39, 0.29) is 6.54 Å². The Balaban J connectivity index is 2.18. The van der Waals surface area contributed by atoms with Gasteiger partial charge in [0.25, 0.3) is 5.92 Å². The van der Waals surface area contributed by atoms with E-state index in [1.807, 2.05) is 0 Å². The molecule has 104 valence electrons. The summed E-state index contributed by atoms with van der Waals surface area (Å²) in [7, 11) is -3.58. The van der Waals surface area contributed by atoms with E-state index in [4.69, 9.17) is 0 Å². The van der Waals surface area contributed by atoms with Gasteiger partial charge in [0.15, 0.2) is 9.84 Å². The van der Waals surface area contributed by atoms with Gasteiger partial charge in [0.05, 0.1) is 11.8 Å². The number of amides is 1. The number of alkyl halides is 2. The average molecular weight is 281 g/mol. The standard InChI is InChI=1S/C11H17F2NO3S/c1-10(2,18(16,17)8-3-4-8)9(15)14-6-5-11(12,13)7-14/h8H,3-7H2,1-2H3. The molecule has 2 fully saturated rings. The van der Waals surface area contributed by atoms with E-state index in [9.17, 15) is 22.0 Å². The van der Waals surface area contributed by atoms with Crippen molar-refractivity contribution in [2.24, 2.45) is 0 Å². The molecular weight excluding hydrogens is 264 g/mol. The highest BCUT2D eigenvalue weighted by molar-refractivity contribution is 7.94. The summed E-state index contributed by atoms with van der Waals surface area (Å²) in [6.45, 7) is 1.89. The highest BCUT2D eigenvalue weighted by atomic mass is 32.2. The highest BCUT2D eigenvalue weighted by Gasteiger charge is 2.53. The van der Waals surface area contributed by atoms with Crippen LogP contribution >= 0.6 is 0 Å². The van der Waals surface area contributed by atoms with Crippen LogP contribution in [-0.4, -0.2) is 48.2 Å². The molecule has 0 radical (unpaired) electrons. The SMILES string of the molecule is CC(C)(C(=O)N1CCC(F)(F)C1)S(=O)(=O)C1CC1. The third kappa shape index (κ3) is 2.13. The van der Waals surface area contributed by atoms with Crippen LogP contribution in [0.5, 0.6) is 0 Å². The number of likely N-dealkylation sites (tertiary alicyclic amines) is 1. The monoisotopic (exact) mass is 281 g/mol. The third-order valence-corrected chi connectivity index (χ3v) is 6.59. The molecule has 4 nitrogen and oxygen atoms in total. The quantitative estimate of drug-likeness (QED) is 0.781. The summed E-state index contributed by atoms with van der Waals surface area (Å²) >= 11 is 0. The van der Waals surface area contributed by atoms with E-state index in [1.165, 1.54) is 13.8 Å². The van der Waals surface area contributed by atoms with Crippen molar-refractivity contribution >= 4 is 15.7 Å². The summed E-state index contributed by atoms with van der Waals surface area (Å²) in [5, 5.41) is -0.473. The van der Waals surface area contributed by atoms with Gasteiger partial charge in [-0.15, -0.1) is 0 Å². The summed E-state index contributed by atoms with van der Waals surface area (Å²) in [6, 6.07) is 0. The zero-order valence-electron chi connectivity index (χ0n) is 10.4. The summed E-state index contributed by atoms with van der Waals surface area (Å²) in [5.41, 5.74) is 0. The minimum Gasteiger partial charge on any atom is -0.335 e. The van der Waals surface area contributed by atoms with Crippen molar-refractivity contribution < 1.29 is 22.0 Å². The van der Waals surface area contributed by atoms with Gasteiger partial charge in [0.1, 0.15) is 4.75 Å². The third-order valence-electron chi connectivity index (χ3n) is 3.65. The first kappa shape index (κ1) is 13.7. The van der Waals surface area contributed by atoms with Crippen LogP contribution in [0.15, 0.2) is 0 Å². The molecule has 1 saturated heterocycles. The second-order valence-corrected chi connectivity index (χ2v) is 8.36. The molecule has 0 N–H and O–H groups in total. The minimum atomic E-state index is -3.58. The van der Waals surface area contributed by atoms with Crippen LogP contribution in [0.25, 0.3) is 0 Å². The van der Waals surface area contributed by atoms with Gasteiger partial charge >= 0.3 is 0 Å². The van der Waals surface area contributed by atoms with Crippen molar-refractivity contribution in [3.05, 3.63) is 0 Å². The van der Waals surface area contributed by atoms with Crippen LogP contribution in [-0.2, 0) is 14.6 Å². The molecule has 2 rings (SSSR count). The number of carbonyl (C=O) groups excluding carboxylic acids is 1. The average Bonchev–Trinajstić information content (AvgIpc) is 3.02. The predicted octanol–water partition coefficient (Wildman–Crippen LogP) is 1.21. The second kappa shape index (κ2) is 3.88. The van der Waals surface area contributed by atoms with Gasteiger partial charge in [-0.05, 0) is 26.7 Å². The Labute approximate surface area is 105 Å². The fourth-order valence-electron chi connectivity index (χ4n) is 2.21. The van der Waals surface area contributed by atoms with Gasteiger partial charge in [-0.3, -0.25) is 4.79 Å². The number of carbonyl (C=O) groups is 1. The second-order valence-electron chi connectivity index (χ2n) is 5.59. The Morgan fingerprint density at radius 2 is 1.89 bits per heavy atom. The first-order chi connectivity index (χ1) is 8.08. The maximum Gasteiger partial charge on any atom is 0.267 e. The van der Waals surface area contributed by atoms with Crippen molar-refractivity contribution in [3.8, 4) is 0 Å². The number of hydrogen-bond acceptors (Lipinski definition) is 3. The van der Waals surface area contributed by atoms with Crippen molar-refractivity contribution in [1.82, 2.24) is 4.90 Å². The maximum atomic E-state index is 13.1. The Bertz CT molecular complexity index is 469. The van der Waals surface area contributed by atoms with Crippen LogP contribution in [0.3, 0.4) is 0 Å². The van der Waals surface area contributed by atoms with Crippen LogP contribution in [0.1, 0.15) is 33.1 Å². The van der Waals surface area contributed by atoms with Gasteiger partial charge in [-0.25, -0.2) is 17.2 Å². The Morgan fingerprint density at radius 3 is 2.28 bits per heavy atom. The van der Waals surface area contributed by atoms with Gasteiger partial charge in [-0.1, -0.05) is 0 Å². The summed E-state index contributed by atoms with van der Waals surface area (Å²) in [5.74, 6) is -3.60. The number of rotatable bonds is 3. The normalized spacial score (nSPS) is 24.3. The van der Waals surface area contributed by atoms with Gasteiger partial charge in [-0.2, -0.15) is 0 Å². The molecule has 1 amide bonds. The van der Waals surface area contributed by atoms with E-state index in [0.717, 1.165) is 4.90 Å². The lowest BCUT2D eigenvalue weighted by molar-refractivity contribution is -0.133. The molecule has 7 heteroatoms. The Hall–Kier alpha value is -0.720. The molecule has 2 aliphatic rings. The summed E-state index contributed by atoms with van der Waals surface area (Å²) in [6.07, 6.45) is 0.739. The van der Waals surface area contributed by atoms with E-state index < -0.39 is 44.6 Å². The zero-order valence-corrected chi connectivity index (χ0v) is 11.3. The largest absolute Gasteiger partial charge is 0.335 e. The van der Waals surface area contributed by atoms with Gasteiger partial charge in [0.2, 0.25) is 5.91 Å². The minimum absolute atomic E-state index is 0.0740. The van der Waals surface area contributed by atoms with Gasteiger partial charge < -0.3 is 4.90 Å². The molecule has 1 heterocycles. The fraction of sp³-hybridized carbons (Fsp3) is 0.909. The smallest absolute Gasteiger partial charge is 0.267 e. The molecule has 0 bridgehead atoms. The molecule has 0 unspecified atom stereocenters. The van der Waals surface area contributed by atoms with Crippen LogP contribution < -0.4 is 0 Å². The lowest BCUT2D eigenvalue weighted by atomic mass is 10.2. The number of halogens is 2. The fourth-order valence-corrected chi connectivity index (χ4v) is 4.17. The summed E-state index contributed by atoms with van der Waals surface area (Å²) in [4.78, 5) is 13.1. The molecular formula is C11H17F2NO3S. The molecule has 18 heavy (non-hydrogen) atoms. The van der Waals surface area contributed by atoms with Gasteiger partial charge in [0, 0.05) is 13.0 Å². The van der Waals surface area contributed by atoms with E-state index in [0.29, 0.717) is 12.8 Å². The number of nitrogens with zero attached hydrogens (tertiary/aromatic N) is 1. The summed E-state index contributed by atoms with van der Waals surface area (Å²) < 4.78 is 48.8. The molecule has 0 aromatic heterocycles. The molecule has 0 atom stereocenters. The lowest BCUT2D eigenvalue weighted by Crippen LogP contribution is -2.51. The highest BCUT2D eigenvalue weighted by Crippen LogP contribution is 2.38. The topological polar surface area (TPSA) is 54.5 Å². The van der Waals surface area contributed by atoms with Crippen molar-refractivity contribution in [2.45, 2.75) is 49.0 Å². The van der Waals surface area contributed by atoms with Crippen molar-refractivity contribution in [1.29, 1.82) is 0 Å². The molecule has 1 saturated carbocycles. The Kier molecular flexibility index (Phi) is 2.96. The predicted molar refractivity (Wildman–Crippen MR) is 62.2 cm³/mol. The number of sulfone groups is 1. The van der Waals surface area contributed by atoms with Crippen LogP contribution in [0.2, 0.25) is 0 Å². The van der Waals surface area contributed by atoms with E-state index >= 15 is 0 Å². The number of hydrogen-bond donors (Lipinski definition) is 0. The Morgan fingerprint density at radius 1 is 1.33 bits per heavy atom. The molecule has 0 aromatic carbocycles. The van der Waals surface area contributed by atoms with Crippen molar-refractivity contribution in [3.63, 3.8) is 0 Å².